The second-order valence-electron chi connectivity index (χ2n) is 6.57. The van der Waals surface area contributed by atoms with Gasteiger partial charge in [0.15, 0.2) is 8.32 Å². The molecule has 1 N–H and O–H groups in total. The summed E-state index contributed by atoms with van der Waals surface area (Å²) in [6, 6.07) is 0. The number of hydrogen-bond donors (Lipinski definition) is 1. The first-order valence-corrected chi connectivity index (χ1v) is 9.77. The van der Waals surface area contributed by atoms with Gasteiger partial charge in [0.05, 0.1) is 6.10 Å². The predicted molar refractivity (Wildman–Crippen MR) is 87.4 cm³/mol. The second-order valence-corrected chi connectivity index (χ2v) is 11.3. The van der Waals surface area contributed by atoms with Crippen LogP contribution >= 0.6 is 0 Å². The van der Waals surface area contributed by atoms with Gasteiger partial charge in [0.25, 0.3) is 0 Å². The van der Waals surface area contributed by atoms with E-state index >= 15 is 0 Å². The summed E-state index contributed by atoms with van der Waals surface area (Å²) >= 11 is 0. The molecule has 0 saturated carbocycles. The average molecular weight is 296 g/mol. The molecule has 0 aromatic carbocycles. The van der Waals surface area contributed by atoms with Gasteiger partial charge in [-0.3, -0.25) is 0 Å². The van der Waals surface area contributed by atoms with Gasteiger partial charge in [0.2, 0.25) is 0 Å². The van der Waals surface area contributed by atoms with Gasteiger partial charge in [-0.1, -0.05) is 44.6 Å². The summed E-state index contributed by atoms with van der Waals surface area (Å²) in [4.78, 5) is 10.4. The molecule has 1 unspecified atom stereocenters. The fourth-order valence-electron chi connectivity index (χ4n) is 1.41. The normalized spacial score (nSPS) is 15.4. The third-order valence-electron chi connectivity index (χ3n) is 3.66. The number of hydrogen-bond acceptors (Lipinski definition) is 2. The van der Waals surface area contributed by atoms with E-state index in [2.05, 4.69) is 40.4 Å². The van der Waals surface area contributed by atoms with E-state index < -0.39 is 14.3 Å². The molecule has 0 bridgehead atoms. The van der Waals surface area contributed by atoms with Crippen LogP contribution in [0.1, 0.15) is 34.1 Å². The maximum Gasteiger partial charge on any atom is 0.328 e. The molecule has 114 valence electrons. The van der Waals surface area contributed by atoms with Crippen molar-refractivity contribution in [1.82, 2.24) is 0 Å². The molecule has 0 aromatic heterocycles. The van der Waals surface area contributed by atoms with Gasteiger partial charge < -0.3 is 9.53 Å². The van der Waals surface area contributed by atoms with Crippen LogP contribution in [0.4, 0.5) is 0 Å². The number of aliphatic carboxylic acids is 1. The molecule has 0 aliphatic rings. The van der Waals surface area contributed by atoms with Gasteiger partial charge in [-0.25, -0.2) is 4.79 Å². The van der Waals surface area contributed by atoms with E-state index in [9.17, 15) is 4.79 Å². The van der Waals surface area contributed by atoms with Crippen LogP contribution in [0.25, 0.3) is 0 Å². The topological polar surface area (TPSA) is 46.5 Å². The van der Waals surface area contributed by atoms with Crippen molar-refractivity contribution in [3.63, 3.8) is 0 Å². The number of rotatable bonds is 7. The van der Waals surface area contributed by atoms with Crippen molar-refractivity contribution < 1.29 is 14.3 Å². The summed E-state index contributed by atoms with van der Waals surface area (Å²) in [5.41, 5.74) is 1.08. The minimum atomic E-state index is -1.82. The van der Waals surface area contributed by atoms with Gasteiger partial charge in [-0.05, 0) is 31.5 Å². The fourth-order valence-corrected chi connectivity index (χ4v) is 2.70. The molecule has 20 heavy (non-hydrogen) atoms. The van der Waals surface area contributed by atoms with Crippen molar-refractivity contribution in [3.8, 4) is 0 Å². The number of carboxylic acid groups (broad SMARTS) is 1. The summed E-state index contributed by atoms with van der Waals surface area (Å²) in [5, 5.41) is 8.71. The minimum absolute atomic E-state index is 0.0228. The van der Waals surface area contributed by atoms with E-state index in [-0.39, 0.29) is 11.1 Å². The summed E-state index contributed by atoms with van der Waals surface area (Å²) in [7, 11) is -1.82. The Morgan fingerprint density at radius 2 is 1.95 bits per heavy atom. The van der Waals surface area contributed by atoms with Gasteiger partial charge >= 0.3 is 5.97 Å². The molecule has 0 heterocycles. The Labute approximate surface area is 124 Å². The molecular weight excluding hydrogens is 268 g/mol. The Morgan fingerprint density at radius 1 is 1.40 bits per heavy atom. The standard InChI is InChI=1S/C16H28O3Si/c1-8-14(19-20(6,7)16(3,4)5)12-13(2)10-9-11-15(17)18/h8-11,14H,1,12H2,2-7H3,(H,17,18)/b11-9+,13-10+. The Bertz CT molecular complexity index is 400. The zero-order valence-electron chi connectivity index (χ0n) is 13.6. The second kappa shape index (κ2) is 7.60. The first-order valence-electron chi connectivity index (χ1n) is 6.86. The average Bonchev–Trinajstić information content (AvgIpc) is 2.25. The van der Waals surface area contributed by atoms with Crippen LogP contribution in [-0.4, -0.2) is 25.5 Å². The van der Waals surface area contributed by atoms with Crippen LogP contribution in [0.2, 0.25) is 18.1 Å². The van der Waals surface area contributed by atoms with Crippen LogP contribution < -0.4 is 0 Å². The molecule has 0 rings (SSSR count). The molecule has 0 spiro atoms. The van der Waals surface area contributed by atoms with Crippen LogP contribution in [0.3, 0.4) is 0 Å². The molecule has 3 nitrogen and oxygen atoms in total. The Kier molecular flexibility index (Phi) is 7.17. The smallest absolute Gasteiger partial charge is 0.328 e. The van der Waals surface area contributed by atoms with Crippen molar-refractivity contribution >= 4 is 14.3 Å². The molecule has 0 aliphatic heterocycles. The molecule has 1 atom stereocenters. The van der Waals surface area contributed by atoms with Crippen LogP contribution in [0, 0.1) is 0 Å². The molecule has 4 heteroatoms. The first kappa shape index (κ1) is 18.9. The monoisotopic (exact) mass is 296 g/mol. The van der Waals surface area contributed by atoms with Gasteiger partial charge in [0.1, 0.15) is 0 Å². The van der Waals surface area contributed by atoms with Gasteiger partial charge in [0, 0.05) is 6.08 Å². The quantitative estimate of drug-likeness (QED) is 0.325. The van der Waals surface area contributed by atoms with Crippen LogP contribution in [-0.2, 0) is 9.22 Å². The number of carbonyl (C=O) groups is 1. The molecule has 0 radical (unpaired) electrons. The molecule has 0 saturated heterocycles. The van der Waals surface area contributed by atoms with E-state index in [0.717, 1.165) is 18.1 Å². The highest BCUT2D eigenvalue weighted by Gasteiger charge is 2.38. The van der Waals surface area contributed by atoms with Crippen molar-refractivity contribution in [2.45, 2.75) is 58.4 Å². The molecule has 0 aliphatic carbocycles. The highest BCUT2D eigenvalue weighted by Crippen LogP contribution is 2.37. The van der Waals surface area contributed by atoms with Crippen molar-refractivity contribution in [2.75, 3.05) is 0 Å². The van der Waals surface area contributed by atoms with Gasteiger partial charge in [-0.15, -0.1) is 6.58 Å². The summed E-state index contributed by atoms with van der Waals surface area (Å²) < 4.78 is 6.29. The predicted octanol–water partition coefficient (Wildman–Crippen LogP) is 4.54. The Hall–Kier alpha value is -1.13. The van der Waals surface area contributed by atoms with Crippen molar-refractivity contribution in [1.29, 1.82) is 0 Å². The van der Waals surface area contributed by atoms with E-state index in [0.29, 0.717) is 0 Å². The molecular formula is C16H28O3Si. The molecule has 0 aromatic rings. The zero-order chi connectivity index (χ0) is 16.0. The summed E-state index contributed by atoms with van der Waals surface area (Å²) in [6.07, 6.45) is 7.02. The third kappa shape index (κ3) is 6.87. The number of carboxylic acids is 1. The Balaban J connectivity index is 4.72. The maximum atomic E-state index is 10.4. The first-order chi connectivity index (χ1) is 8.99. The summed E-state index contributed by atoms with van der Waals surface area (Å²) in [6.45, 7) is 16.9. The third-order valence-corrected chi connectivity index (χ3v) is 8.16. The lowest BCUT2D eigenvalue weighted by Crippen LogP contribution is -2.43. The van der Waals surface area contributed by atoms with Crippen molar-refractivity contribution in [2.24, 2.45) is 0 Å². The minimum Gasteiger partial charge on any atom is -0.478 e. The van der Waals surface area contributed by atoms with E-state index in [1.807, 2.05) is 13.0 Å². The lowest BCUT2D eigenvalue weighted by Gasteiger charge is -2.38. The summed E-state index contributed by atoms with van der Waals surface area (Å²) in [5.74, 6) is -0.938. The van der Waals surface area contributed by atoms with Crippen LogP contribution in [0.15, 0.2) is 36.5 Å². The fraction of sp³-hybridized carbons (Fsp3) is 0.562. The lowest BCUT2D eigenvalue weighted by atomic mass is 10.1. The maximum absolute atomic E-state index is 10.4. The lowest BCUT2D eigenvalue weighted by molar-refractivity contribution is -0.131. The highest BCUT2D eigenvalue weighted by atomic mass is 28.4. The molecule has 0 fully saturated rings. The largest absolute Gasteiger partial charge is 0.478 e. The molecule has 0 amide bonds. The van der Waals surface area contributed by atoms with Gasteiger partial charge in [-0.2, -0.15) is 0 Å². The Morgan fingerprint density at radius 3 is 2.35 bits per heavy atom. The van der Waals surface area contributed by atoms with Crippen molar-refractivity contribution in [3.05, 3.63) is 36.5 Å². The SMILES string of the molecule is C=CC(C/C(C)=C/C=C/C(=O)O)O[Si](C)(C)C(C)(C)C. The number of allylic oxidation sites excluding steroid dienone is 2. The van der Waals surface area contributed by atoms with E-state index in [1.54, 1.807) is 12.2 Å². The van der Waals surface area contributed by atoms with Crippen LogP contribution in [0.5, 0.6) is 0 Å². The zero-order valence-corrected chi connectivity index (χ0v) is 14.6. The van der Waals surface area contributed by atoms with E-state index in [4.69, 9.17) is 9.53 Å². The van der Waals surface area contributed by atoms with E-state index in [1.165, 1.54) is 0 Å². The highest BCUT2D eigenvalue weighted by molar-refractivity contribution is 6.74.